The Balaban J connectivity index is 2.78. The summed E-state index contributed by atoms with van der Waals surface area (Å²) in [5.41, 5.74) is 0.890. The molecule has 0 radical (unpaired) electrons. The van der Waals surface area contributed by atoms with Crippen LogP contribution in [0, 0.1) is 6.92 Å². The SMILES string of the molecule is CCC(C)OC(=O)C(NC(=O)c1ccc(C)cn1)C(=O)O. The van der Waals surface area contributed by atoms with E-state index in [1.54, 1.807) is 26.8 Å². The first kappa shape index (κ1) is 16.6. The summed E-state index contributed by atoms with van der Waals surface area (Å²) in [6.45, 7) is 5.24. The van der Waals surface area contributed by atoms with E-state index in [1.165, 1.54) is 12.3 Å². The summed E-state index contributed by atoms with van der Waals surface area (Å²) >= 11 is 0. The van der Waals surface area contributed by atoms with Crippen molar-refractivity contribution in [3.8, 4) is 0 Å². The number of amides is 1. The zero-order valence-corrected chi connectivity index (χ0v) is 12.1. The van der Waals surface area contributed by atoms with E-state index in [-0.39, 0.29) is 5.69 Å². The highest BCUT2D eigenvalue weighted by molar-refractivity contribution is 6.04. The van der Waals surface area contributed by atoms with Crippen molar-refractivity contribution in [1.82, 2.24) is 10.3 Å². The quantitative estimate of drug-likeness (QED) is 0.597. The fourth-order valence-corrected chi connectivity index (χ4v) is 1.38. The third kappa shape index (κ3) is 4.87. The van der Waals surface area contributed by atoms with Gasteiger partial charge in [-0.05, 0) is 31.9 Å². The van der Waals surface area contributed by atoms with Crippen molar-refractivity contribution in [2.75, 3.05) is 0 Å². The molecule has 7 heteroatoms. The number of aliphatic carboxylic acids is 1. The predicted octanol–water partition coefficient (Wildman–Crippen LogP) is 0.915. The van der Waals surface area contributed by atoms with Gasteiger partial charge in [-0.1, -0.05) is 13.0 Å². The molecule has 1 heterocycles. The molecule has 0 aliphatic carbocycles. The van der Waals surface area contributed by atoms with Crippen molar-refractivity contribution in [2.24, 2.45) is 0 Å². The third-order valence-corrected chi connectivity index (χ3v) is 2.79. The molecule has 0 bridgehead atoms. The van der Waals surface area contributed by atoms with E-state index in [4.69, 9.17) is 9.84 Å². The van der Waals surface area contributed by atoms with Crippen LogP contribution in [0.2, 0.25) is 0 Å². The van der Waals surface area contributed by atoms with Crippen LogP contribution in [-0.2, 0) is 14.3 Å². The van der Waals surface area contributed by atoms with E-state index in [2.05, 4.69) is 10.3 Å². The van der Waals surface area contributed by atoms with Crippen LogP contribution in [0.15, 0.2) is 18.3 Å². The molecule has 0 saturated carbocycles. The number of carbonyl (C=O) groups excluding carboxylic acids is 2. The second kappa shape index (κ2) is 7.37. The van der Waals surface area contributed by atoms with Crippen LogP contribution in [0.4, 0.5) is 0 Å². The van der Waals surface area contributed by atoms with E-state index < -0.39 is 30.0 Å². The lowest BCUT2D eigenvalue weighted by Gasteiger charge is -2.16. The number of aromatic nitrogens is 1. The second-order valence-electron chi connectivity index (χ2n) is 4.62. The van der Waals surface area contributed by atoms with Gasteiger partial charge in [0.2, 0.25) is 6.04 Å². The van der Waals surface area contributed by atoms with Gasteiger partial charge >= 0.3 is 11.9 Å². The fourth-order valence-electron chi connectivity index (χ4n) is 1.38. The monoisotopic (exact) mass is 294 g/mol. The number of carboxylic acids is 1. The maximum absolute atomic E-state index is 11.9. The van der Waals surface area contributed by atoms with E-state index in [0.29, 0.717) is 6.42 Å². The molecule has 2 N–H and O–H groups in total. The standard InChI is InChI=1S/C14H18N2O5/c1-4-9(3)21-14(20)11(13(18)19)16-12(17)10-6-5-8(2)7-15-10/h5-7,9,11H,4H2,1-3H3,(H,16,17)(H,18,19). The van der Waals surface area contributed by atoms with Gasteiger partial charge in [-0.2, -0.15) is 0 Å². The summed E-state index contributed by atoms with van der Waals surface area (Å²) in [4.78, 5) is 38.6. The number of rotatable bonds is 6. The molecular weight excluding hydrogens is 276 g/mol. The molecular formula is C14H18N2O5. The molecule has 7 nitrogen and oxygen atoms in total. The van der Waals surface area contributed by atoms with Gasteiger partial charge in [0.15, 0.2) is 0 Å². The molecule has 0 aliphatic heterocycles. The lowest BCUT2D eigenvalue weighted by atomic mass is 10.2. The van der Waals surface area contributed by atoms with Crippen LogP contribution >= 0.6 is 0 Å². The van der Waals surface area contributed by atoms with Gasteiger partial charge in [-0.25, -0.2) is 9.59 Å². The maximum Gasteiger partial charge on any atom is 0.340 e. The van der Waals surface area contributed by atoms with Crippen LogP contribution < -0.4 is 5.32 Å². The highest BCUT2D eigenvalue weighted by Crippen LogP contribution is 2.03. The van der Waals surface area contributed by atoms with Gasteiger partial charge in [-0.3, -0.25) is 9.78 Å². The molecule has 1 aromatic rings. The summed E-state index contributed by atoms with van der Waals surface area (Å²) < 4.78 is 4.92. The van der Waals surface area contributed by atoms with Crippen LogP contribution in [0.1, 0.15) is 36.3 Å². The van der Waals surface area contributed by atoms with Crippen molar-refractivity contribution in [1.29, 1.82) is 0 Å². The van der Waals surface area contributed by atoms with E-state index in [1.807, 2.05) is 0 Å². The summed E-state index contributed by atoms with van der Waals surface area (Å²) in [5, 5.41) is 11.1. The van der Waals surface area contributed by atoms with Crippen LogP contribution in [0.25, 0.3) is 0 Å². The number of nitrogens with zero attached hydrogens (tertiary/aromatic N) is 1. The zero-order valence-electron chi connectivity index (χ0n) is 12.1. The van der Waals surface area contributed by atoms with Crippen LogP contribution in [0.5, 0.6) is 0 Å². The van der Waals surface area contributed by atoms with Crippen molar-refractivity contribution < 1.29 is 24.2 Å². The number of nitrogens with one attached hydrogen (secondary N) is 1. The van der Waals surface area contributed by atoms with Gasteiger partial charge in [-0.15, -0.1) is 0 Å². The molecule has 1 amide bonds. The number of hydrogen-bond donors (Lipinski definition) is 2. The number of aryl methyl sites for hydroxylation is 1. The Bertz CT molecular complexity index is 527. The molecule has 21 heavy (non-hydrogen) atoms. The molecule has 2 unspecified atom stereocenters. The minimum absolute atomic E-state index is 0.0307. The van der Waals surface area contributed by atoms with Crippen molar-refractivity contribution in [3.63, 3.8) is 0 Å². The average molecular weight is 294 g/mol. The molecule has 0 aliphatic rings. The number of carbonyl (C=O) groups is 3. The number of ether oxygens (including phenoxy) is 1. The molecule has 0 saturated heterocycles. The minimum atomic E-state index is -1.75. The number of hydrogen-bond acceptors (Lipinski definition) is 5. The first-order valence-corrected chi connectivity index (χ1v) is 6.52. The Morgan fingerprint density at radius 1 is 1.38 bits per heavy atom. The largest absolute Gasteiger partial charge is 0.479 e. The number of esters is 1. The Kier molecular flexibility index (Phi) is 5.83. The van der Waals surface area contributed by atoms with Gasteiger partial charge in [0.1, 0.15) is 5.69 Å². The fraction of sp³-hybridized carbons (Fsp3) is 0.429. The topological polar surface area (TPSA) is 106 Å². The first-order valence-electron chi connectivity index (χ1n) is 6.52. The van der Waals surface area contributed by atoms with Gasteiger partial charge in [0.25, 0.3) is 5.91 Å². The summed E-state index contributed by atoms with van der Waals surface area (Å²) in [5.74, 6) is -3.23. The molecule has 1 aromatic heterocycles. The van der Waals surface area contributed by atoms with Crippen molar-refractivity contribution in [3.05, 3.63) is 29.6 Å². The summed E-state index contributed by atoms with van der Waals surface area (Å²) in [7, 11) is 0. The van der Waals surface area contributed by atoms with Gasteiger partial charge in [0.05, 0.1) is 6.10 Å². The Morgan fingerprint density at radius 3 is 2.52 bits per heavy atom. The Labute approximate surface area is 122 Å². The highest BCUT2D eigenvalue weighted by Gasteiger charge is 2.31. The van der Waals surface area contributed by atoms with E-state index in [9.17, 15) is 14.4 Å². The van der Waals surface area contributed by atoms with Crippen LogP contribution in [0.3, 0.4) is 0 Å². The molecule has 0 spiro atoms. The van der Waals surface area contributed by atoms with Gasteiger partial charge in [0, 0.05) is 6.20 Å². The smallest absolute Gasteiger partial charge is 0.340 e. The Morgan fingerprint density at radius 2 is 2.05 bits per heavy atom. The third-order valence-electron chi connectivity index (χ3n) is 2.79. The molecule has 2 atom stereocenters. The van der Waals surface area contributed by atoms with E-state index in [0.717, 1.165) is 5.56 Å². The Hall–Kier alpha value is -2.44. The first-order chi connectivity index (χ1) is 9.85. The maximum atomic E-state index is 11.9. The highest BCUT2D eigenvalue weighted by atomic mass is 16.5. The van der Waals surface area contributed by atoms with Gasteiger partial charge < -0.3 is 15.2 Å². The second-order valence-corrected chi connectivity index (χ2v) is 4.62. The number of pyridine rings is 1. The normalized spacial score (nSPS) is 13.1. The average Bonchev–Trinajstić information content (AvgIpc) is 2.44. The predicted molar refractivity (Wildman–Crippen MR) is 73.7 cm³/mol. The molecule has 0 aromatic carbocycles. The summed E-state index contributed by atoms with van der Waals surface area (Å²) in [6, 6.07) is 1.35. The van der Waals surface area contributed by atoms with Crippen LogP contribution in [-0.4, -0.2) is 40.1 Å². The zero-order chi connectivity index (χ0) is 16.0. The summed E-state index contributed by atoms with van der Waals surface area (Å²) in [6.07, 6.45) is 1.60. The molecule has 1 rings (SSSR count). The minimum Gasteiger partial charge on any atom is -0.479 e. The molecule has 114 valence electrons. The van der Waals surface area contributed by atoms with Crippen molar-refractivity contribution >= 4 is 17.8 Å². The van der Waals surface area contributed by atoms with Crippen molar-refractivity contribution in [2.45, 2.75) is 39.3 Å². The molecule has 0 fully saturated rings. The van der Waals surface area contributed by atoms with E-state index >= 15 is 0 Å². The lowest BCUT2D eigenvalue weighted by Crippen LogP contribution is -2.48. The number of carboxylic acid groups (broad SMARTS) is 1. The lowest BCUT2D eigenvalue weighted by molar-refractivity contribution is -0.158.